The van der Waals surface area contributed by atoms with Gasteiger partial charge in [-0.3, -0.25) is 14.2 Å². The van der Waals surface area contributed by atoms with E-state index in [1.54, 1.807) is 29.2 Å². The Hall–Kier alpha value is -3.43. The van der Waals surface area contributed by atoms with Crippen molar-refractivity contribution in [1.29, 1.82) is 0 Å². The summed E-state index contributed by atoms with van der Waals surface area (Å²) in [4.78, 5) is 33.2. The molecule has 0 saturated heterocycles. The number of hydrazone groups is 1. The predicted molar refractivity (Wildman–Crippen MR) is 146 cm³/mol. The van der Waals surface area contributed by atoms with E-state index < -0.39 is 0 Å². The number of carbonyl (C=O) groups is 1. The Labute approximate surface area is 217 Å². The fraction of sp³-hybridized carbons (Fsp3) is 0.259. The van der Waals surface area contributed by atoms with E-state index in [2.05, 4.69) is 10.5 Å². The molecule has 2 aromatic carbocycles. The molecule has 7 nitrogen and oxygen atoms in total. The number of aromatic nitrogens is 2. The molecule has 5 rings (SSSR count). The summed E-state index contributed by atoms with van der Waals surface area (Å²) in [5, 5.41) is 5.28. The molecule has 1 aliphatic carbocycles. The third kappa shape index (κ3) is 5.08. The first-order valence-electron chi connectivity index (χ1n) is 11.8. The number of ether oxygens (including phenoxy) is 1. The highest BCUT2D eigenvalue weighted by Gasteiger charge is 2.23. The quantitative estimate of drug-likeness (QED) is 0.163. The Balaban J connectivity index is 1.41. The van der Waals surface area contributed by atoms with Crippen molar-refractivity contribution in [3.8, 4) is 11.4 Å². The number of hydrogen-bond acceptors (Lipinski definition) is 7. The minimum Gasteiger partial charge on any atom is -0.497 e. The monoisotopic (exact) mass is 518 g/mol. The molecule has 1 aliphatic rings. The second kappa shape index (κ2) is 10.7. The lowest BCUT2D eigenvalue weighted by molar-refractivity contribution is -0.118. The van der Waals surface area contributed by atoms with Gasteiger partial charge in [0.1, 0.15) is 10.6 Å². The van der Waals surface area contributed by atoms with Crippen LogP contribution in [0.3, 0.4) is 0 Å². The van der Waals surface area contributed by atoms with E-state index in [-0.39, 0.29) is 17.2 Å². The van der Waals surface area contributed by atoms with E-state index >= 15 is 0 Å². The van der Waals surface area contributed by atoms with Gasteiger partial charge in [-0.1, -0.05) is 41.6 Å². The number of benzene rings is 2. The number of fused-ring (bicyclic) bond motifs is 3. The van der Waals surface area contributed by atoms with Crippen molar-refractivity contribution in [3.05, 3.63) is 80.5 Å². The van der Waals surface area contributed by atoms with Gasteiger partial charge in [0.05, 0.1) is 30.2 Å². The molecule has 0 atom stereocenters. The molecule has 0 unspecified atom stereocenters. The first-order valence-corrected chi connectivity index (χ1v) is 13.6. The summed E-state index contributed by atoms with van der Waals surface area (Å²) in [5.41, 5.74) is 6.30. The normalized spacial score (nSPS) is 13.2. The van der Waals surface area contributed by atoms with Gasteiger partial charge in [0.15, 0.2) is 5.16 Å². The molecule has 2 heterocycles. The average Bonchev–Trinajstić information content (AvgIpc) is 3.27. The van der Waals surface area contributed by atoms with Gasteiger partial charge in [-0.2, -0.15) is 5.10 Å². The van der Waals surface area contributed by atoms with Crippen molar-refractivity contribution < 1.29 is 9.53 Å². The zero-order valence-electron chi connectivity index (χ0n) is 20.1. The molecule has 36 heavy (non-hydrogen) atoms. The van der Waals surface area contributed by atoms with Crippen molar-refractivity contribution in [2.75, 3.05) is 12.9 Å². The number of aryl methyl sites for hydroxylation is 3. The first-order chi connectivity index (χ1) is 17.5. The molecule has 9 heteroatoms. The number of hydrogen-bond donors (Lipinski definition) is 1. The lowest BCUT2D eigenvalue weighted by Gasteiger charge is -2.13. The number of amides is 1. The van der Waals surface area contributed by atoms with Crippen LogP contribution in [0, 0.1) is 6.92 Å². The van der Waals surface area contributed by atoms with E-state index in [4.69, 9.17) is 9.72 Å². The minimum atomic E-state index is -0.283. The van der Waals surface area contributed by atoms with Crippen LogP contribution in [0.5, 0.6) is 5.75 Å². The number of thioether (sulfide) groups is 1. The lowest BCUT2D eigenvalue weighted by atomic mass is 9.97. The van der Waals surface area contributed by atoms with Crippen molar-refractivity contribution in [2.45, 2.75) is 37.8 Å². The predicted octanol–water partition coefficient (Wildman–Crippen LogP) is 4.89. The van der Waals surface area contributed by atoms with Crippen molar-refractivity contribution in [1.82, 2.24) is 15.0 Å². The second-order valence-corrected chi connectivity index (χ2v) is 10.6. The smallest absolute Gasteiger partial charge is 0.267 e. The molecular weight excluding hydrogens is 492 g/mol. The molecule has 0 radical (unpaired) electrons. The molecule has 0 saturated carbocycles. The van der Waals surface area contributed by atoms with E-state index in [0.717, 1.165) is 58.3 Å². The molecule has 184 valence electrons. The maximum Gasteiger partial charge on any atom is 0.267 e. The zero-order chi connectivity index (χ0) is 25.1. The third-order valence-electron chi connectivity index (χ3n) is 6.08. The maximum absolute atomic E-state index is 13.8. The summed E-state index contributed by atoms with van der Waals surface area (Å²) in [5.74, 6) is 0.505. The summed E-state index contributed by atoms with van der Waals surface area (Å²) in [6.45, 7) is 2.01. The Kier molecular flexibility index (Phi) is 7.20. The Morgan fingerprint density at radius 2 is 2.03 bits per heavy atom. The average molecular weight is 519 g/mol. The van der Waals surface area contributed by atoms with E-state index in [9.17, 15) is 9.59 Å². The van der Waals surface area contributed by atoms with Crippen LogP contribution in [-0.4, -0.2) is 34.5 Å². The molecule has 2 aromatic heterocycles. The molecule has 1 amide bonds. The van der Waals surface area contributed by atoms with Gasteiger partial charge in [-0.25, -0.2) is 10.4 Å². The molecule has 0 aliphatic heterocycles. The Bertz CT molecular complexity index is 1510. The summed E-state index contributed by atoms with van der Waals surface area (Å²) in [6, 6.07) is 15.2. The number of rotatable bonds is 7. The minimum absolute atomic E-state index is 0.0674. The summed E-state index contributed by atoms with van der Waals surface area (Å²) in [7, 11) is 1.60. The maximum atomic E-state index is 13.8. The topological polar surface area (TPSA) is 85.6 Å². The van der Waals surface area contributed by atoms with Crippen molar-refractivity contribution in [3.63, 3.8) is 0 Å². The largest absolute Gasteiger partial charge is 0.497 e. The fourth-order valence-corrected chi connectivity index (χ4v) is 6.38. The van der Waals surface area contributed by atoms with E-state index in [1.807, 2.05) is 55.5 Å². The van der Waals surface area contributed by atoms with Crippen LogP contribution in [0.15, 0.2) is 63.6 Å². The van der Waals surface area contributed by atoms with Gasteiger partial charge in [-0.05, 0) is 68.0 Å². The van der Waals surface area contributed by atoms with Crippen LogP contribution >= 0.6 is 23.1 Å². The Morgan fingerprint density at radius 3 is 2.83 bits per heavy atom. The Morgan fingerprint density at radius 1 is 1.22 bits per heavy atom. The van der Waals surface area contributed by atoms with Crippen molar-refractivity contribution >= 4 is 45.4 Å². The SMILES string of the molecule is COc1cccc(/C=N/NC(=O)CSc2nc3sc4c(c3c(=O)n2-c2ccc(C)cc2)CCCC4)c1. The van der Waals surface area contributed by atoms with E-state index in [1.165, 1.54) is 16.6 Å². The number of methoxy groups -OCH3 is 1. The van der Waals surface area contributed by atoms with Gasteiger partial charge in [-0.15, -0.1) is 11.3 Å². The molecular formula is C27H26N4O3S2. The molecule has 4 aromatic rings. The highest BCUT2D eigenvalue weighted by Crippen LogP contribution is 2.35. The lowest BCUT2D eigenvalue weighted by Crippen LogP contribution is -2.24. The second-order valence-electron chi connectivity index (χ2n) is 8.62. The fourth-order valence-electron chi connectivity index (χ4n) is 4.27. The highest BCUT2D eigenvalue weighted by atomic mass is 32.2. The molecule has 0 fully saturated rings. The van der Waals surface area contributed by atoms with Crippen molar-refractivity contribution in [2.24, 2.45) is 5.10 Å². The van der Waals surface area contributed by atoms with Crippen LogP contribution < -0.4 is 15.7 Å². The van der Waals surface area contributed by atoms with Crippen LogP contribution in [0.4, 0.5) is 0 Å². The van der Waals surface area contributed by atoms with Crippen LogP contribution in [0.2, 0.25) is 0 Å². The number of carbonyl (C=O) groups excluding carboxylic acids is 1. The van der Waals surface area contributed by atoms with Crippen LogP contribution in [-0.2, 0) is 17.6 Å². The van der Waals surface area contributed by atoms with Crippen LogP contribution in [0.1, 0.15) is 34.4 Å². The van der Waals surface area contributed by atoms with Gasteiger partial charge in [0, 0.05) is 4.88 Å². The standard InChI is InChI=1S/C27H26N4O3S2/c1-17-10-12-19(13-11-17)31-26(33)24-21-8-3-4-9-22(21)36-25(24)29-27(31)35-16-23(32)30-28-15-18-6-5-7-20(14-18)34-2/h5-7,10-15H,3-4,8-9,16H2,1-2H3,(H,30,32)/b28-15+. The van der Waals surface area contributed by atoms with Gasteiger partial charge in [0.25, 0.3) is 11.5 Å². The number of nitrogens with one attached hydrogen (secondary N) is 1. The van der Waals surface area contributed by atoms with Gasteiger partial charge >= 0.3 is 0 Å². The summed E-state index contributed by atoms with van der Waals surface area (Å²) in [6.07, 6.45) is 5.71. The number of thiophene rings is 1. The summed E-state index contributed by atoms with van der Waals surface area (Å²) < 4.78 is 6.84. The van der Waals surface area contributed by atoms with Gasteiger partial charge < -0.3 is 4.74 Å². The van der Waals surface area contributed by atoms with Crippen LogP contribution in [0.25, 0.3) is 15.9 Å². The van der Waals surface area contributed by atoms with E-state index in [0.29, 0.717) is 10.9 Å². The highest BCUT2D eigenvalue weighted by molar-refractivity contribution is 7.99. The zero-order valence-corrected chi connectivity index (χ0v) is 21.7. The summed E-state index contributed by atoms with van der Waals surface area (Å²) >= 11 is 2.85. The molecule has 0 spiro atoms. The third-order valence-corrected chi connectivity index (χ3v) is 8.20. The number of nitrogens with zero attached hydrogens (tertiary/aromatic N) is 3. The molecule has 0 bridgehead atoms. The van der Waals surface area contributed by atoms with Gasteiger partial charge in [0.2, 0.25) is 0 Å². The first kappa shape index (κ1) is 24.3. The molecule has 1 N–H and O–H groups in total.